The van der Waals surface area contributed by atoms with Gasteiger partial charge in [0.1, 0.15) is 0 Å². The maximum absolute atomic E-state index is 11.7. The summed E-state index contributed by atoms with van der Waals surface area (Å²) in [7, 11) is 0. The number of rotatable bonds is 5. The normalized spacial score (nSPS) is 21.0. The predicted molar refractivity (Wildman–Crippen MR) is 62.8 cm³/mol. The van der Waals surface area contributed by atoms with Crippen molar-refractivity contribution in [3.8, 4) is 0 Å². The van der Waals surface area contributed by atoms with Crippen LogP contribution in [0, 0.1) is 0 Å². The van der Waals surface area contributed by atoms with Gasteiger partial charge in [0.2, 0.25) is 0 Å². The molecule has 2 nitrogen and oxygen atoms in total. The maximum atomic E-state index is 11.7. The smallest absolute Gasteiger partial charge is 0.323 e. The van der Waals surface area contributed by atoms with Crippen LogP contribution in [0.2, 0.25) is 0 Å². The highest BCUT2D eigenvalue weighted by Gasteiger charge is 2.22. The van der Waals surface area contributed by atoms with E-state index >= 15 is 0 Å². The van der Waals surface area contributed by atoms with Gasteiger partial charge >= 0.3 is 6.61 Å². The highest BCUT2D eigenvalue weighted by molar-refractivity contribution is 4.77. The van der Waals surface area contributed by atoms with Crippen molar-refractivity contribution in [1.82, 2.24) is 4.90 Å². The third kappa shape index (κ3) is 7.12. The maximum Gasteiger partial charge on any atom is 0.345 e. The first kappa shape index (κ1) is 15.8. The molecule has 1 atom stereocenters. The third-order valence-corrected chi connectivity index (χ3v) is 2.60. The van der Waals surface area contributed by atoms with Gasteiger partial charge in [-0.3, -0.25) is 0 Å². The SMILES string of the molecule is CCC.CCN1CCCC1CCOC(F)F. The fourth-order valence-corrected chi connectivity index (χ4v) is 1.93. The molecule has 1 aliphatic heterocycles. The lowest BCUT2D eigenvalue weighted by atomic mass is 10.1. The monoisotopic (exact) mass is 237 g/mol. The van der Waals surface area contributed by atoms with Gasteiger partial charge in [0.15, 0.2) is 0 Å². The average molecular weight is 237 g/mol. The Morgan fingerprint density at radius 3 is 2.44 bits per heavy atom. The molecule has 0 radical (unpaired) electrons. The lowest BCUT2D eigenvalue weighted by molar-refractivity contribution is -0.131. The van der Waals surface area contributed by atoms with Crippen molar-refractivity contribution in [3.05, 3.63) is 0 Å². The van der Waals surface area contributed by atoms with Gasteiger partial charge < -0.3 is 9.64 Å². The molecule has 1 fully saturated rings. The zero-order chi connectivity index (χ0) is 12.4. The summed E-state index contributed by atoms with van der Waals surface area (Å²) in [6.07, 6.45) is 4.30. The van der Waals surface area contributed by atoms with Crippen LogP contribution in [0.15, 0.2) is 0 Å². The third-order valence-electron chi connectivity index (χ3n) is 2.60. The fourth-order valence-electron chi connectivity index (χ4n) is 1.93. The first-order valence-electron chi connectivity index (χ1n) is 6.29. The zero-order valence-electron chi connectivity index (χ0n) is 10.7. The summed E-state index contributed by atoms with van der Waals surface area (Å²) < 4.78 is 27.5. The Balaban J connectivity index is 0.000000673. The second kappa shape index (κ2) is 9.97. The minimum absolute atomic E-state index is 0.179. The first-order valence-corrected chi connectivity index (χ1v) is 6.29. The molecule has 0 aromatic carbocycles. The molecule has 98 valence electrons. The Bertz CT molecular complexity index is 156. The van der Waals surface area contributed by atoms with Crippen LogP contribution in [0.3, 0.4) is 0 Å². The van der Waals surface area contributed by atoms with Crippen molar-refractivity contribution in [2.75, 3.05) is 19.7 Å². The molecule has 0 aromatic heterocycles. The van der Waals surface area contributed by atoms with Gasteiger partial charge in [-0.05, 0) is 32.4 Å². The predicted octanol–water partition coefficient (Wildman–Crippen LogP) is 3.52. The summed E-state index contributed by atoms with van der Waals surface area (Å²) in [5, 5.41) is 0. The molecule has 1 heterocycles. The number of halogens is 2. The number of hydrogen-bond acceptors (Lipinski definition) is 2. The largest absolute Gasteiger partial charge is 0.345 e. The summed E-state index contributed by atoms with van der Waals surface area (Å²) in [6.45, 7) is 6.04. The van der Waals surface area contributed by atoms with Crippen LogP contribution < -0.4 is 0 Å². The molecule has 1 saturated heterocycles. The summed E-state index contributed by atoms with van der Waals surface area (Å²) in [4.78, 5) is 2.33. The minimum atomic E-state index is -2.61. The van der Waals surface area contributed by atoms with Crippen LogP contribution in [0.5, 0.6) is 0 Å². The van der Waals surface area contributed by atoms with E-state index in [1.54, 1.807) is 0 Å². The van der Waals surface area contributed by atoms with Gasteiger partial charge in [-0.15, -0.1) is 0 Å². The van der Waals surface area contributed by atoms with E-state index in [1.165, 1.54) is 12.8 Å². The Hall–Kier alpha value is -0.220. The molecule has 1 rings (SSSR count). The summed E-state index contributed by atoms with van der Waals surface area (Å²) in [6, 6.07) is 0.462. The molecule has 0 saturated carbocycles. The van der Waals surface area contributed by atoms with Gasteiger partial charge in [-0.25, -0.2) is 0 Å². The van der Waals surface area contributed by atoms with Crippen LogP contribution >= 0.6 is 0 Å². The van der Waals surface area contributed by atoms with Crippen molar-refractivity contribution in [1.29, 1.82) is 0 Å². The molecule has 0 aromatic rings. The molecular weight excluding hydrogens is 212 g/mol. The number of alkyl halides is 2. The van der Waals surface area contributed by atoms with Crippen LogP contribution in [-0.2, 0) is 4.74 Å². The molecule has 0 bridgehead atoms. The molecule has 1 unspecified atom stereocenters. The van der Waals surface area contributed by atoms with Crippen LogP contribution in [-0.4, -0.2) is 37.2 Å². The van der Waals surface area contributed by atoms with Crippen molar-refractivity contribution >= 4 is 0 Å². The van der Waals surface area contributed by atoms with Gasteiger partial charge in [0, 0.05) is 6.04 Å². The quantitative estimate of drug-likeness (QED) is 0.725. The van der Waals surface area contributed by atoms with E-state index in [1.807, 2.05) is 0 Å². The van der Waals surface area contributed by atoms with E-state index in [0.29, 0.717) is 6.04 Å². The first-order chi connectivity index (χ1) is 7.65. The van der Waals surface area contributed by atoms with Crippen LogP contribution in [0.4, 0.5) is 8.78 Å². The lowest BCUT2D eigenvalue weighted by Gasteiger charge is -2.22. The summed E-state index contributed by atoms with van der Waals surface area (Å²) in [5.74, 6) is 0. The highest BCUT2D eigenvalue weighted by Crippen LogP contribution is 2.19. The molecule has 0 spiro atoms. The van der Waals surface area contributed by atoms with Crippen molar-refractivity contribution in [3.63, 3.8) is 0 Å². The zero-order valence-corrected chi connectivity index (χ0v) is 10.7. The van der Waals surface area contributed by atoms with Gasteiger partial charge in [-0.2, -0.15) is 8.78 Å². The molecular formula is C12H25F2NO. The van der Waals surface area contributed by atoms with Gasteiger partial charge in [0.25, 0.3) is 0 Å². The fraction of sp³-hybridized carbons (Fsp3) is 1.00. The van der Waals surface area contributed by atoms with E-state index in [-0.39, 0.29) is 6.61 Å². The van der Waals surface area contributed by atoms with E-state index < -0.39 is 6.61 Å². The van der Waals surface area contributed by atoms with Crippen LogP contribution in [0.1, 0.15) is 46.5 Å². The second-order valence-corrected chi connectivity index (χ2v) is 4.05. The number of ether oxygens (including phenoxy) is 1. The Kier molecular flexibility index (Phi) is 9.83. The van der Waals surface area contributed by atoms with E-state index in [9.17, 15) is 8.78 Å². The molecule has 0 aliphatic carbocycles. The number of hydrogen-bond donors (Lipinski definition) is 0. The van der Waals surface area contributed by atoms with E-state index in [2.05, 4.69) is 30.4 Å². The Morgan fingerprint density at radius 2 is 1.94 bits per heavy atom. The molecule has 16 heavy (non-hydrogen) atoms. The Labute approximate surface area is 98.0 Å². The van der Waals surface area contributed by atoms with Crippen molar-refractivity contribution in [2.24, 2.45) is 0 Å². The highest BCUT2D eigenvalue weighted by atomic mass is 19.3. The average Bonchev–Trinajstić information content (AvgIpc) is 2.66. The summed E-state index contributed by atoms with van der Waals surface area (Å²) >= 11 is 0. The van der Waals surface area contributed by atoms with Gasteiger partial charge in [0.05, 0.1) is 6.61 Å². The van der Waals surface area contributed by atoms with E-state index in [0.717, 1.165) is 25.9 Å². The topological polar surface area (TPSA) is 12.5 Å². The minimum Gasteiger partial charge on any atom is -0.323 e. The van der Waals surface area contributed by atoms with Gasteiger partial charge in [-0.1, -0.05) is 27.2 Å². The molecule has 1 aliphatic rings. The number of likely N-dealkylation sites (tertiary alicyclic amines) is 1. The van der Waals surface area contributed by atoms with Crippen molar-refractivity contribution < 1.29 is 13.5 Å². The number of nitrogens with zero attached hydrogens (tertiary/aromatic N) is 1. The standard InChI is InChI=1S/C9H17F2NO.C3H8/c1-2-12-6-3-4-8(12)5-7-13-9(10)11;1-3-2/h8-9H,2-7H2,1H3;3H2,1-2H3. The van der Waals surface area contributed by atoms with Crippen LogP contribution in [0.25, 0.3) is 0 Å². The second-order valence-electron chi connectivity index (χ2n) is 4.05. The molecule has 0 amide bonds. The Morgan fingerprint density at radius 1 is 1.31 bits per heavy atom. The molecule has 0 N–H and O–H groups in total. The van der Waals surface area contributed by atoms with E-state index in [4.69, 9.17) is 0 Å². The lowest BCUT2D eigenvalue weighted by Crippen LogP contribution is -2.30. The molecule has 4 heteroatoms. The van der Waals surface area contributed by atoms with Crippen molar-refractivity contribution in [2.45, 2.75) is 59.1 Å². The summed E-state index contributed by atoms with van der Waals surface area (Å²) in [5.41, 5.74) is 0.